The molecule has 5 heteroatoms. The third-order valence-corrected chi connectivity index (χ3v) is 1.46. The number of hydrogen-bond donors (Lipinski definition) is 2. The maximum Gasteiger partial charge on any atom is 1.00 e. The molecule has 0 radical (unpaired) electrons. The number of aliphatic hydroxyl groups is 2. The maximum absolute atomic E-state index is 10.0. The predicted octanol–water partition coefficient (Wildman–Crippen LogP) is -4.00. The minimum Gasteiger partial charge on any atom is -0.544 e. The van der Waals surface area contributed by atoms with E-state index in [4.69, 9.17) is 10.2 Å². The molecule has 2 N–H and O–H groups in total. The van der Waals surface area contributed by atoms with Crippen LogP contribution in [0.15, 0.2) is 0 Å². The van der Waals surface area contributed by atoms with Crippen LogP contribution in [0, 0.1) is 0 Å². The first kappa shape index (κ1) is 14.9. The van der Waals surface area contributed by atoms with Crippen LogP contribution in [0.2, 0.25) is 0 Å². The monoisotopic (exact) mass is 184 g/mol. The molecule has 0 aliphatic rings. The molecule has 0 aromatic carbocycles. The van der Waals surface area contributed by atoms with Gasteiger partial charge >= 0.3 is 29.6 Å². The number of hydrogen-bond acceptors (Lipinski definition) is 4. The van der Waals surface area contributed by atoms with E-state index in [1.165, 1.54) is 0 Å². The van der Waals surface area contributed by atoms with Crippen LogP contribution < -0.4 is 34.7 Å². The first-order chi connectivity index (χ1) is 5.00. The first-order valence-corrected chi connectivity index (χ1v) is 3.67. The molecule has 0 unspecified atom stereocenters. The van der Waals surface area contributed by atoms with Crippen molar-refractivity contribution in [1.82, 2.24) is 0 Å². The Bertz CT molecular complexity index is 135. The fourth-order valence-corrected chi connectivity index (χ4v) is 0.724. The molecule has 0 saturated heterocycles. The van der Waals surface area contributed by atoms with Gasteiger partial charge in [-0.1, -0.05) is 19.8 Å². The molecule has 0 aliphatic heterocycles. The Morgan fingerprint density at radius 3 is 2.25 bits per heavy atom. The summed E-state index contributed by atoms with van der Waals surface area (Å²) in [7, 11) is 0. The Labute approximate surface area is 93.9 Å². The zero-order chi connectivity index (χ0) is 8.91. The molecule has 0 aliphatic carbocycles. The van der Waals surface area contributed by atoms with Crippen molar-refractivity contribution in [1.29, 1.82) is 0 Å². The number of rotatable bonds is 5. The van der Waals surface area contributed by atoms with Crippen LogP contribution in [0.4, 0.5) is 0 Å². The van der Waals surface area contributed by atoms with Gasteiger partial charge in [0.05, 0.1) is 0 Å². The molecular formula is C7H13NaO4. The molecule has 0 heterocycles. The molecule has 0 atom stereocenters. The zero-order valence-electron chi connectivity index (χ0n) is 7.54. The maximum atomic E-state index is 10.0. The minimum atomic E-state index is -2.64. The molecule has 0 amide bonds. The summed E-state index contributed by atoms with van der Waals surface area (Å²) in [6, 6.07) is 0. The average molecular weight is 184 g/mol. The van der Waals surface area contributed by atoms with Crippen molar-refractivity contribution in [2.24, 2.45) is 0 Å². The Balaban J connectivity index is 0. The van der Waals surface area contributed by atoms with Crippen molar-refractivity contribution in [2.45, 2.75) is 38.4 Å². The van der Waals surface area contributed by atoms with Crippen molar-refractivity contribution >= 4 is 5.97 Å². The molecule has 0 aromatic heterocycles. The molecule has 0 spiro atoms. The van der Waals surface area contributed by atoms with Crippen LogP contribution in [0.3, 0.4) is 0 Å². The summed E-state index contributed by atoms with van der Waals surface area (Å²) in [5.74, 6) is -4.47. The second-order valence-electron chi connectivity index (χ2n) is 2.56. The summed E-state index contributed by atoms with van der Waals surface area (Å²) in [5, 5.41) is 27.4. The third kappa shape index (κ3) is 5.97. The molecule has 0 aromatic rings. The van der Waals surface area contributed by atoms with Gasteiger partial charge < -0.3 is 20.1 Å². The Morgan fingerprint density at radius 2 is 1.92 bits per heavy atom. The molecule has 0 fully saturated rings. The molecule has 4 nitrogen and oxygen atoms in total. The van der Waals surface area contributed by atoms with Gasteiger partial charge in [0.1, 0.15) is 5.97 Å². The van der Waals surface area contributed by atoms with Crippen LogP contribution in [0.1, 0.15) is 32.6 Å². The van der Waals surface area contributed by atoms with E-state index in [-0.39, 0.29) is 36.0 Å². The summed E-state index contributed by atoms with van der Waals surface area (Å²) in [6.45, 7) is 1.94. The van der Waals surface area contributed by atoms with Crippen LogP contribution >= 0.6 is 0 Å². The van der Waals surface area contributed by atoms with Gasteiger partial charge in [-0.2, -0.15) is 0 Å². The Morgan fingerprint density at radius 1 is 1.42 bits per heavy atom. The number of carbonyl (C=O) groups excluding carboxylic acids is 1. The third-order valence-electron chi connectivity index (χ3n) is 1.46. The van der Waals surface area contributed by atoms with Crippen LogP contribution in [-0.2, 0) is 4.79 Å². The second-order valence-corrected chi connectivity index (χ2v) is 2.56. The number of carboxylic acids is 1. The van der Waals surface area contributed by atoms with Crippen molar-refractivity contribution in [2.75, 3.05) is 0 Å². The van der Waals surface area contributed by atoms with E-state index in [2.05, 4.69) is 0 Å². The fourth-order valence-electron chi connectivity index (χ4n) is 0.724. The normalized spacial score (nSPS) is 10.6. The standard InChI is InChI=1S/C7H14O4.Na/c1-2-3-4-5-7(10,11)6(8)9;/h10-11H,2-5H2,1H3,(H,8,9);/q;+1/p-1. The van der Waals surface area contributed by atoms with E-state index in [0.29, 0.717) is 6.42 Å². The summed E-state index contributed by atoms with van der Waals surface area (Å²) in [4.78, 5) is 10.0. The van der Waals surface area contributed by atoms with Gasteiger partial charge in [-0.25, -0.2) is 0 Å². The van der Waals surface area contributed by atoms with E-state index >= 15 is 0 Å². The van der Waals surface area contributed by atoms with Crippen molar-refractivity contribution in [3.8, 4) is 0 Å². The van der Waals surface area contributed by atoms with Gasteiger partial charge in [-0.3, -0.25) is 0 Å². The van der Waals surface area contributed by atoms with Crippen LogP contribution in [-0.4, -0.2) is 22.0 Å². The number of carboxylic acid groups (broad SMARTS) is 1. The number of aliphatic carboxylic acids is 1. The van der Waals surface area contributed by atoms with Gasteiger partial charge in [0.25, 0.3) is 0 Å². The van der Waals surface area contributed by atoms with E-state index in [0.717, 1.165) is 12.8 Å². The molecule has 0 bridgehead atoms. The SMILES string of the molecule is CCCCCC(O)(O)C(=O)[O-].[Na+]. The quantitative estimate of drug-likeness (QED) is 0.259. The van der Waals surface area contributed by atoms with Crippen molar-refractivity contribution < 1.29 is 49.7 Å². The van der Waals surface area contributed by atoms with Gasteiger partial charge in [-0.05, 0) is 6.42 Å². The summed E-state index contributed by atoms with van der Waals surface area (Å²) >= 11 is 0. The summed E-state index contributed by atoms with van der Waals surface area (Å²) < 4.78 is 0. The van der Waals surface area contributed by atoms with E-state index in [1.807, 2.05) is 6.92 Å². The molecule has 12 heavy (non-hydrogen) atoms. The Kier molecular flexibility index (Phi) is 8.51. The van der Waals surface area contributed by atoms with Gasteiger partial charge in [-0.15, -0.1) is 0 Å². The predicted molar refractivity (Wildman–Crippen MR) is 36.3 cm³/mol. The number of carbonyl (C=O) groups is 1. The molecule has 0 saturated carbocycles. The number of unbranched alkanes of at least 4 members (excludes halogenated alkanes) is 2. The van der Waals surface area contributed by atoms with Crippen LogP contribution in [0.25, 0.3) is 0 Å². The van der Waals surface area contributed by atoms with Crippen molar-refractivity contribution in [3.05, 3.63) is 0 Å². The largest absolute Gasteiger partial charge is 1.00 e. The molecule has 66 valence electrons. The zero-order valence-corrected chi connectivity index (χ0v) is 9.54. The first-order valence-electron chi connectivity index (χ1n) is 3.67. The van der Waals surface area contributed by atoms with Gasteiger partial charge in [0, 0.05) is 6.42 Å². The summed E-state index contributed by atoms with van der Waals surface area (Å²) in [5.41, 5.74) is 0. The van der Waals surface area contributed by atoms with Crippen molar-refractivity contribution in [3.63, 3.8) is 0 Å². The van der Waals surface area contributed by atoms with Gasteiger partial charge in [0.15, 0.2) is 0 Å². The summed E-state index contributed by atoms with van der Waals surface area (Å²) in [6.07, 6.45) is 2.01. The minimum absolute atomic E-state index is 0. The fraction of sp³-hybridized carbons (Fsp3) is 0.857. The molecular weight excluding hydrogens is 171 g/mol. The smallest absolute Gasteiger partial charge is 0.544 e. The van der Waals surface area contributed by atoms with E-state index < -0.39 is 11.8 Å². The van der Waals surface area contributed by atoms with Crippen LogP contribution in [0.5, 0.6) is 0 Å². The van der Waals surface area contributed by atoms with E-state index in [1.54, 1.807) is 0 Å². The average Bonchev–Trinajstić information content (AvgIpc) is 1.88. The Hall–Kier alpha value is 0.390. The topological polar surface area (TPSA) is 80.6 Å². The van der Waals surface area contributed by atoms with E-state index in [9.17, 15) is 9.90 Å². The van der Waals surface area contributed by atoms with Gasteiger partial charge in [0.2, 0.25) is 5.79 Å². The molecule has 0 rings (SSSR count). The second kappa shape index (κ2) is 6.86.